The van der Waals surface area contributed by atoms with Crippen molar-refractivity contribution in [3.63, 3.8) is 0 Å². The van der Waals surface area contributed by atoms with Gasteiger partial charge in [0.2, 0.25) is 0 Å². The van der Waals surface area contributed by atoms with Gasteiger partial charge in [0.05, 0.1) is 11.4 Å². The van der Waals surface area contributed by atoms with E-state index < -0.39 is 0 Å². The van der Waals surface area contributed by atoms with Gasteiger partial charge in [0, 0.05) is 6.54 Å². The van der Waals surface area contributed by atoms with Crippen molar-refractivity contribution in [3.05, 3.63) is 46.4 Å². The zero-order chi connectivity index (χ0) is 12.4. The first kappa shape index (κ1) is 11.5. The van der Waals surface area contributed by atoms with Gasteiger partial charge < -0.3 is 5.73 Å². The van der Waals surface area contributed by atoms with Crippen LogP contribution in [0.3, 0.4) is 0 Å². The first-order valence-corrected chi connectivity index (χ1v) is 5.86. The molecule has 0 aliphatic heterocycles. The van der Waals surface area contributed by atoms with Gasteiger partial charge >= 0.3 is 0 Å². The van der Waals surface area contributed by atoms with Crippen LogP contribution in [0.25, 0.3) is 5.69 Å². The maximum atomic E-state index is 12.0. The summed E-state index contributed by atoms with van der Waals surface area (Å²) in [5.74, 6) is 0. The van der Waals surface area contributed by atoms with Crippen molar-refractivity contribution in [1.82, 2.24) is 9.36 Å². The SMILES string of the molecule is CCc1c(N)c(=O)n(CC)n1-c1ccccc1. The second kappa shape index (κ2) is 4.49. The predicted octanol–water partition coefficient (Wildman–Crippen LogP) is 1.80. The van der Waals surface area contributed by atoms with E-state index in [9.17, 15) is 4.79 Å². The van der Waals surface area contributed by atoms with Crippen LogP contribution in [0.1, 0.15) is 19.5 Å². The fraction of sp³-hybridized carbons (Fsp3) is 0.308. The highest BCUT2D eigenvalue weighted by atomic mass is 16.1. The minimum atomic E-state index is -0.104. The highest BCUT2D eigenvalue weighted by Crippen LogP contribution is 2.16. The number of anilines is 1. The lowest BCUT2D eigenvalue weighted by atomic mass is 10.2. The van der Waals surface area contributed by atoms with Crippen molar-refractivity contribution >= 4 is 5.69 Å². The molecule has 0 aliphatic carbocycles. The lowest BCUT2D eigenvalue weighted by molar-refractivity contribution is 0.553. The van der Waals surface area contributed by atoms with Gasteiger partial charge in [-0.25, -0.2) is 4.68 Å². The molecular weight excluding hydrogens is 214 g/mol. The van der Waals surface area contributed by atoms with Crippen molar-refractivity contribution in [2.45, 2.75) is 26.8 Å². The Labute approximate surface area is 100 Å². The van der Waals surface area contributed by atoms with Crippen LogP contribution < -0.4 is 11.3 Å². The molecule has 0 radical (unpaired) electrons. The molecule has 0 fully saturated rings. The molecule has 2 N–H and O–H groups in total. The summed E-state index contributed by atoms with van der Waals surface area (Å²) in [5, 5.41) is 0. The lowest BCUT2D eigenvalue weighted by Gasteiger charge is -2.12. The number of benzene rings is 1. The average Bonchev–Trinajstić information content (AvgIpc) is 2.62. The number of para-hydroxylation sites is 1. The fourth-order valence-electron chi connectivity index (χ4n) is 2.10. The molecule has 1 aromatic heterocycles. The summed E-state index contributed by atoms with van der Waals surface area (Å²) in [4.78, 5) is 12.0. The van der Waals surface area contributed by atoms with Crippen LogP contribution in [0.15, 0.2) is 35.1 Å². The Hall–Kier alpha value is -1.97. The first-order chi connectivity index (χ1) is 8.20. The Kier molecular flexibility index (Phi) is 3.04. The quantitative estimate of drug-likeness (QED) is 0.875. The summed E-state index contributed by atoms with van der Waals surface area (Å²) in [6, 6.07) is 9.82. The third-order valence-electron chi connectivity index (χ3n) is 2.91. The van der Waals surface area contributed by atoms with Crippen molar-refractivity contribution in [3.8, 4) is 5.69 Å². The largest absolute Gasteiger partial charge is 0.393 e. The predicted molar refractivity (Wildman–Crippen MR) is 69.5 cm³/mol. The third-order valence-corrected chi connectivity index (χ3v) is 2.91. The summed E-state index contributed by atoms with van der Waals surface area (Å²) in [7, 11) is 0. The van der Waals surface area contributed by atoms with Crippen molar-refractivity contribution in [1.29, 1.82) is 0 Å². The van der Waals surface area contributed by atoms with Gasteiger partial charge in [-0.15, -0.1) is 0 Å². The molecule has 0 bridgehead atoms. The number of aromatic nitrogens is 2. The Morgan fingerprint density at radius 1 is 1.18 bits per heavy atom. The number of nitrogen functional groups attached to an aromatic ring is 1. The lowest BCUT2D eigenvalue weighted by Crippen LogP contribution is -2.22. The van der Waals surface area contributed by atoms with Gasteiger partial charge in [-0.2, -0.15) is 0 Å². The molecule has 4 heteroatoms. The number of hydrogen-bond donors (Lipinski definition) is 1. The highest BCUT2D eigenvalue weighted by Gasteiger charge is 2.15. The molecule has 0 saturated heterocycles. The summed E-state index contributed by atoms with van der Waals surface area (Å²) >= 11 is 0. The van der Waals surface area contributed by atoms with E-state index in [4.69, 9.17) is 5.73 Å². The van der Waals surface area contributed by atoms with E-state index in [0.29, 0.717) is 12.2 Å². The van der Waals surface area contributed by atoms with E-state index in [1.165, 1.54) is 0 Å². The molecule has 4 nitrogen and oxygen atoms in total. The van der Waals surface area contributed by atoms with E-state index in [0.717, 1.165) is 17.8 Å². The minimum absolute atomic E-state index is 0.104. The molecule has 0 atom stereocenters. The summed E-state index contributed by atoms with van der Waals surface area (Å²) in [6.45, 7) is 4.56. The average molecular weight is 231 g/mol. The van der Waals surface area contributed by atoms with Crippen LogP contribution in [-0.2, 0) is 13.0 Å². The van der Waals surface area contributed by atoms with Crippen molar-refractivity contribution < 1.29 is 0 Å². The van der Waals surface area contributed by atoms with Gasteiger partial charge in [0.1, 0.15) is 5.69 Å². The number of rotatable bonds is 3. The Morgan fingerprint density at radius 2 is 1.82 bits per heavy atom. The monoisotopic (exact) mass is 231 g/mol. The second-order valence-electron chi connectivity index (χ2n) is 3.88. The van der Waals surface area contributed by atoms with Crippen LogP contribution in [0.5, 0.6) is 0 Å². The van der Waals surface area contributed by atoms with Gasteiger partial charge in [0.25, 0.3) is 5.56 Å². The van der Waals surface area contributed by atoms with E-state index in [-0.39, 0.29) is 5.56 Å². The molecule has 17 heavy (non-hydrogen) atoms. The molecule has 0 unspecified atom stereocenters. The van der Waals surface area contributed by atoms with E-state index in [2.05, 4.69) is 0 Å². The van der Waals surface area contributed by atoms with Gasteiger partial charge in [-0.3, -0.25) is 9.48 Å². The first-order valence-electron chi connectivity index (χ1n) is 5.86. The van der Waals surface area contributed by atoms with E-state index >= 15 is 0 Å². The third kappa shape index (κ3) is 1.75. The maximum Gasteiger partial charge on any atom is 0.290 e. The molecular formula is C13H17N3O. The molecule has 90 valence electrons. The zero-order valence-corrected chi connectivity index (χ0v) is 10.2. The Balaban J connectivity index is 2.76. The van der Waals surface area contributed by atoms with Gasteiger partial charge in [-0.05, 0) is 25.5 Å². The second-order valence-corrected chi connectivity index (χ2v) is 3.88. The molecule has 0 aliphatic rings. The molecule has 0 saturated carbocycles. The smallest absolute Gasteiger partial charge is 0.290 e. The van der Waals surface area contributed by atoms with Crippen molar-refractivity contribution in [2.75, 3.05) is 5.73 Å². The number of hydrogen-bond acceptors (Lipinski definition) is 2. The Bertz CT molecular complexity index is 566. The van der Waals surface area contributed by atoms with Crippen LogP contribution in [0, 0.1) is 0 Å². The molecule has 1 aromatic carbocycles. The van der Waals surface area contributed by atoms with Crippen LogP contribution in [0.4, 0.5) is 5.69 Å². The topological polar surface area (TPSA) is 53.0 Å². The molecule has 2 aromatic rings. The van der Waals surface area contributed by atoms with Crippen LogP contribution in [-0.4, -0.2) is 9.36 Å². The van der Waals surface area contributed by atoms with Gasteiger partial charge in [0.15, 0.2) is 0 Å². The van der Waals surface area contributed by atoms with E-state index in [1.54, 1.807) is 4.68 Å². The number of nitrogens with two attached hydrogens (primary N) is 1. The standard InChI is InChI=1S/C13H17N3O/c1-3-11-12(14)13(17)15(4-2)16(11)10-8-6-5-7-9-10/h5-9H,3-4,14H2,1-2H3. The minimum Gasteiger partial charge on any atom is -0.393 e. The molecule has 2 rings (SSSR count). The maximum absolute atomic E-state index is 12.0. The summed E-state index contributed by atoms with van der Waals surface area (Å²) in [5.41, 5.74) is 7.98. The molecule has 0 spiro atoms. The fourth-order valence-corrected chi connectivity index (χ4v) is 2.10. The van der Waals surface area contributed by atoms with E-state index in [1.807, 2.05) is 48.9 Å². The summed E-state index contributed by atoms with van der Waals surface area (Å²) in [6.07, 6.45) is 0.739. The molecule has 0 amide bonds. The van der Waals surface area contributed by atoms with Crippen LogP contribution in [0.2, 0.25) is 0 Å². The van der Waals surface area contributed by atoms with Crippen LogP contribution >= 0.6 is 0 Å². The van der Waals surface area contributed by atoms with Gasteiger partial charge in [-0.1, -0.05) is 25.1 Å². The normalized spacial score (nSPS) is 10.7. The Morgan fingerprint density at radius 3 is 2.35 bits per heavy atom. The molecule has 1 heterocycles. The summed E-state index contributed by atoms with van der Waals surface area (Å²) < 4.78 is 3.58. The number of nitrogens with zero attached hydrogens (tertiary/aromatic N) is 2. The van der Waals surface area contributed by atoms with Crippen molar-refractivity contribution in [2.24, 2.45) is 0 Å². The zero-order valence-electron chi connectivity index (χ0n) is 10.2. The highest BCUT2D eigenvalue weighted by molar-refractivity contribution is 5.46.